The van der Waals surface area contributed by atoms with Gasteiger partial charge in [-0.1, -0.05) is 0 Å². The van der Waals surface area contributed by atoms with Crippen molar-refractivity contribution in [2.24, 2.45) is 0 Å². The molecule has 0 atom stereocenters. The van der Waals surface area contributed by atoms with E-state index < -0.39 is 15.8 Å². The Morgan fingerprint density at radius 2 is 2.12 bits per heavy atom. The minimum absolute atomic E-state index is 0.0457. The number of aromatic nitrogens is 2. The molecule has 0 N–H and O–H groups in total. The van der Waals surface area contributed by atoms with Crippen LogP contribution in [0.1, 0.15) is 5.56 Å². The fraction of sp³-hybridized carbons (Fsp3) is 0.100. The summed E-state index contributed by atoms with van der Waals surface area (Å²) in [5.41, 5.74) is 0.293. The number of hydrogen-bond donors (Lipinski definition) is 0. The number of halogens is 1. The van der Waals surface area contributed by atoms with Gasteiger partial charge in [0.25, 0.3) is 10.0 Å². The number of benzene rings is 1. The lowest BCUT2D eigenvalue weighted by Crippen LogP contribution is -2.11. The van der Waals surface area contributed by atoms with E-state index in [4.69, 9.17) is 0 Å². The molecule has 84 valence electrons. The van der Waals surface area contributed by atoms with E-state index >= 15 is 0 Å². The number of hydrogen-bond acceptors (Lipinski definition) is 3. The van der Waals surface area contributed by atoms with Crippen LogP contribution in [0.3, 0.4) is 0 Å². The van der Waals surface area contributed by atoms with Crippen LogP contribution in [0.25, 0.3) is 0 Å². The maximum atomic E-state index is 13.0. The Morgan fingerprint density at radius 1 is 1.38 bits per heavy atom. The molecule has 0 bridgehead atoms. The predicted molar refractivity (Wildman–Crippen MR) is 55.9 cm³/mol. The maximum Gasteiger partial charge on any atom is 0.268 e. The van der Waals surface area contributed by atoms with Crippen molar-refractivity contribution in [3.05, 3.63) is 48.3 Å². The van der Waals surface area contributed by atoms with Crippen LogP contribution in [0.2, 0.25) is 0 Å². The van der Waals surface area contributed by atoms with Gasteiger partial charge in [-0.05, 0) is 30.7 Å². The van der Waals surface area contributed by atoms with Gasteiger partial charge >= 0.3 is 0 Å². The fourth-order valence-corrected chi connectivity index (χ4v) is 2.49. The molecule has 0 spiro atoms. The predicted octanol–water partition coefficient (Wildman–Crippen LogP) is 1.57. The molecule has 1 aromatic carbocycles. The quantitative estimate of drug-likeness (QED) is 0.800. The SMILES string of the molecule is Cc1cc(S(=O)(=O)n2ccnc2)ccc1F. The standard InChI is InChI=1S/C10H9FN2O2S/c1-8-6-9(2-3-10(8)11)16(14,15)13-5-4-12-7-13/h2-7H,1H3. The van der Waals surface area contributed by atoms with Crippen molar-refractivity contribution in [2.45, 2.75) is 11.8 Å². The molecule has 4 nitrogen and oxygen atoms in total. The summed E-state index contributed by atoms with van der Waals surface area (Å²) in [5, 5.41) is 0. The van der Waals surface area contributed by atoms with Crippen molar-refractivity contribution < 1.29 is 12.8 Å². The van der Waals surface area contributed by atoms with Crippen LogP contribution in [0.4, 0.5) is 4.39 Å². The highest BCUT2D eigenvalue weighted by atomic mass is 32.2. The lowest BCUT2D eigenvalue weighted by molar-refractivity contribution is 0.585. The summed E-state index contributed by atoms with van der Waals surface area (Å²) < 4.78 is 37.9. The zero-order valence-corrected chi connectivity index (χ0v) is 9.28. The Kier molecular flexibility index (Phi) is 2.51. The number of imidazole rings is 1. The first-order valence-electron chi connectivity index (χ1n) is 4.51. The van der Waals surface area contributed by atoms with E-state index in [1.54, 1.807) is 0 Å². The van der Waals surface area contributed by atoms with Crippen molar-refractivity contribution >= 4 is 10.0 Å². The Morgan fingerprint density at radius 3 is 2.69 bits per heavy atom. The Bertz CT molecular complexity index is 606. The van der Waals surface area contributed by atoms with Crippen molar-refractivity contribution in [1.82, 2.24) is 8.96 Å². The molecule has 1 heterocycles. The third kappa shape index (κ3) is 1.71. The average Bonchev–Trinajstić information content (AvgIpc) is 2.75. The molecule has 0 fully saturated rings. The van der Waals surface area contributed by atoms with Crippen LogP contribution in [0.5, 0.6) is 0 Å². The molecular formula is C10H9FN2O2S. The van der Waals surface area contributed by atoms with E-state index in [-0.39, 0.29) is 4.90 Å². The van der Waals surface area contributed by atoms with Gasteiger partial charge in [0.05, 0.1) is 4.90 Å². The van der Waals surface area contributed by atoms with E-state index in [0.29, 0.717) is 5.56 Å². The van der Waals surface area contributed by atoms with E-state index in [1.807, 2.05) is 0 Å². The molecule has 0 unspecified atom stereocenters. The van der Waals surface area contributed by atoms with Crippen LogP contribution in [-0.2, 0) is 10.0 Å². The monoisotopic (exact) mass is 240 g/mol. The number of aryl methyl sites for hydroxylation is 1. The lowest BCUT2D eigenvalue weighted by Gasteiger charge is -2.05. The van der Waals surface area contributed by atoms with E-state index in [9.17, 15) is 12.8 Å². The van der Waals surface area contributed by atoms with Crippen molar-refractivity contribution in [2.75, 3.05) is 0 Å². The zero-order chi connectivity index (χ0) is 11.8. The normalized spacial score (nSPS) is 11.6. The molecule has 0 aliphatic rings. The molecule has 0 aliphatic heterocycles. The Balaban J connectivity index is 2.57. The number of nitrogens with zero attached hydrogens (tertiary/aromatic N) is 2. The summed E-state index contributed by atoms with van der Waals surface area (Å²) in [7, 11) is -3.65. The summed E-state index contributed by atoms with van der Waals surface area (Å²) >= 11 is 0. The lowest BCUT2D eigenvalue weighted by atomic mass is 10.2. The molecule has 2 aromatic rings. The van der Waals surface area contributed by atoms with Crippen LogP contribution < -0.4 is 0 Å². The summed E-state index contributed by atoms with van der Waals surface area (Å²) in [4.78, 5) is 3.71. The molecule has 0 saturated heterocycles. The highest BCUT2D eigenvalue weighted by molar-refractivity contribution is 7.90. The van der Waals surface area contributed by atoms with Gasteiger partial charge in [-0.15, -0.1) is 0 Å². The van der Waals surface area contributed by atoms with E-state index in [1.165, 1.54) is 37.8 Å². The molecule has 2 rings (SSSR count). The van der Waals surface area contributed by atoms with Crippen LogP contribution in [0.15, 0.2) is 41.8 Å². The second-order valence-corrected chi connectivity index (χ2v) is 5.15. The van der Waals surface area contributed by atoms with Crippen molar-refractivity contribution in [1.29, 1.82) is 0 Å². The summed E-state index contributed by atoms with van der Waals surface area (Å²) in [6.07, 6.45) is 3.88. The van der Waals surface area contributed by atoms with Gasteiger partial charge in [0.2, 0.25) is 0 Å². The third-order valence-corrected chi connectivity index (χ3v) is 3.81. The highest BCUT2D eigenvalue weighted by Crippen LogP contribution is 2.16. The molecule has 0 saturated carbocycles. The second-order valence-electron chi connectivity index (χ2n) is 3.31. The summed E-state index contributed by atoms with van der Waals surface area (Å²) in [5.74, 6) is -0.426. The molecule has 16 heavy (non-hydrogen) atoms. The Hall–Kier alpha value is -1.69. The summed E-state index contributed by atoms with van der Waals surface area (Å²) in [6.45, 7) is 1.52. The van der Waals surface area contributed by atoms with E-state index in [2.05, 4.69) is 4.98 Å². The van der Waals surface area contributed by atoms with Crippen LogP contribution in [0, 0.1) is 12.7 Å². The van der Waals surface area contributed by atoms with Crippen LogP contribution in [-0.4, -0.2) is 17.4 Å². The van der Waals surface area contributed by atoms with Gasteiger partial charge in [0, 0.05) is 12.4 Å². The first kappa shape index (κ1) is 10.8. The smallest absolute Gasteiger partial charge is 0.244 e. The molecule has 6 heteroatoms. The molecule has 0 radical (unpaired) electrons. The molecule has 0 aliphatic carbocycles. The minimum Gasteiger partial charge on any atom is -0.244 e. The van der Waals surface area contributed by atoms with Gasteiger partial charge < -0.3 is 0 Å². The first-order valence-corrected chi connectivity index (χ1v) is 5.95. The minimum atomic E-state index is -3.65. The second kappa shape index (κ2) is 3.71. The molecule has 0 amide bonds. The molecular weight excluding hydrogens is 231 g/mol. The fourth-order valence-electron chi connectivity index (χ4n) is 1.29. The maximum absolute atomic E-state index is 13.0. The van der Waals surface area contributed by atoms with Gasteiger partial charge in [-0.3, -0.25) is 0 Å². The van der Waals surface area contributed by atoms with Crippen LogP contribution >= 0.6 is 0 Å². The summed E-state index contributed by atoms with van der Waals surface area (Å²) in [6, 6.07) is 3.67. The molecule has 1 aromatic heterocycles. The van der Waals surface area contributed by atoms with Crippen molar-refractivity contribution in [3.8, 4) is 0 Å². The van der Waals surface area contributed by atoms with Gasteiger partial charge in [-0.2, -0.15) is 0 Å². The van der Waals surface area contributed by atoms with Crippen molar-refractivity contribution in [3.63, 3.8) is 0 Å². The Labute approximate surface area is 92.4 Å². The average molecular weight is 240 g/mol. The first-order chi connectivity index (χ1) is 7.51. The highest BCUT2D eigenvalue weighted by Gasteiger charge is 2.16. The number of rotatable bonds is 2. The third-order valence-electron chi connectivity index (χ3n) is 2.18. The van der Waals surface area contributed by atoms with Gasteiger partial charge in [-0.25, -0.2) is 21.8 Å². The van der Waals surface area contributed by atoms with Gasteiger partial charge in [0.15, 0.2) is 0 Å². The van der Waals surface area contributed by atoms with Gasteiger partial charge in [0.1, 0.15) is 12.1 Å². The van der Waals surface area contributed by atoms with E-state index in [0.717, 1.165) is 10.0 Å². The zero-order valence-electron chi connectivity index (χ0n) is 8.46. The topological polar surface area (TPSA) is 52.0 Å². The largest absolute Gasteiger partial charge is 0.268 e.